The van der Waals surface area contributed by atoms with Gasteiger partial charge in [0.25, 0.3) is 0 Å². The number of hydrogen-bond acceptors (Lipinski definition) is 9. The zero-order valence-electron chi connectivity index (χ0n) is 20.2. The van der Waals surface area contributed by atoms with Crippen molar-refractivity contribution in [1.82, 2.24) is 0 Å². The molecule has 3 atom stereocenters. The van der Waals surface area contributed by atoms with Crippen LogP contribution in [0.4, 0.5) is 0 Å². The van der Waals surface area contributed by atoms with Crippen molar-refractivity contribution >= 4 is 50.1 Å². The molecule has 11 heteroatoms. The second kappa shape index (κ2) is 20.9. The molecule has 0 N–H and O–H groups in total. The zero-order chi connectivity index (χ0) is 23.6. The van der Waals surface area contributed by atoms with E-state index < -0.39 is 49.5 Å². The number of rotatable bonds is 18. The maximum atomic E-state index is 12.6. The monoisotopic (exact) mass is 591 g/mol. The van der Waals surface area contributed by atoms with Crippen LogP contribution in [0, 0.1) is 0 Å². The van der Waals surface area contributed by atoms with E-state index in [1.54, 1.807) is 20.8 Å². The molecule has 0 amide bonds. The molecular formula is C21H40ClO9Sn. The number of carbonyl (C=O) groups is 3. The molecule has 0 bridgehead atoms. The number of ether oxygens (including phenoxy) is 6. The van der Waals surface area contributed by atoms with E-state index in [4.69, 9.17) is 28.4 Å². The van der Waals surface area contributed by atoms with Gasteiger partial charge in [-0.3, -0.25) is 0 Å². The molecule has 0 spiro atoms. The number of hydrogen-bond donors (Lipinski definition) is 0. The minimum Gasteiger partial charge on any atom is -0.147 e. The Hall–Kier alpha value is -0.621. The summed E-state index contributed by atoms with van der Waals surface area (Å²) >= 11 is -3.14. The Labute approximate surface area is 205 Å². The van der Waals surface area contributed by atoms with Gasteiger partial charge in [-0.25, -0.2) is 0 Å². The van der Waals surface area contributed by atoms with E-state index in [2.05, 4.69) is 0 Å². The first-order valence-corrected chi connectivity index (χ1v) is 15.9. The van der Waals surface area contributed by atoms with Gasteiger partial charge in [0.05, 0.1) is 0 Å². The second-order valence-corrected chi connectivity index (χ2v) is 17.0. The van der Waals surface area contributed by atoms with Gasteiger partial charge in [-0.2, -0.15) is 0 Å². The third kappa shape index (κ3) is 13.8. The normalized spacial score (nSPS) is 13.6. The number of halogens is 1. The van der Waals surface area contributed by atoms with E-state index in [9.17, 15) is 14.4 Å². The van der Waals surface area contributed by atoms with Crippen LogP contribution in [0.1, 0.15) is 41.5 Å². The molecule has 0 aliphatic rings. The Morgan fingerprint density at radius 1 is 0.562 bits per heavy atom. The van der Waals surface area contributed by atoms with Crippen LogP contribution in [-0.4, -0.2) is 97.1 Å². The van der Waals surface area contributed by atoms with E-state index in [-0.39, 0.29) is 32.2 Å². The van der Waals surface area contributed by atoms with Gasteiger partial charge in [-0.15, -0.1) is 12.4 Å². The van der Waals surface area contributed by atoms with E-state index in [1.807, 2.05) is 20.8 Å². The largest absolute Gasteiger partial charge is 0.147 e. The maximum Gasteiger partial charge on any atom is -0.147 e. The summed E-state index contributed by atoms with van der Waals surface area (Å²) in [7, 11) is 0. The SMILES string of the molecule is CCOCCOC(=O)[CH](C)[Sn]([CH](C)C(=O)OCCOCC)[CH](C)C(=O)OCCOCC.Cl. The van der Waals surface area contributed by atoms with Crippen molar-refractivity contribution < 1.29 is 42.8 Å². The molecule has 32 heavy (non-hydrogen) atoms. The van der Waals surface area contributed by atoms with Gasteiger partial charge in [-0.1, -0.05) is 0 Å². The second-order valence-electron chi connectivity index (χ2n) is 6.76. The Morgan fingerprint density at radius 3 is 1.03 bits per heavy atom. The average molecular weight is 591 g/mol. The summed E-state index contributed by atoms with van der Waals surface area (Å²) in [5.74, 6) is -1.26. The molecule has 9 nitrogen and oxygen atoms in total. The van der Waals surface area contributed by atoms with Gasteiger partial charge >= 0.3 is 193 Å². The molecule has 3 unspecified atom stereocenters. The Bertz CT molecular complexity index is 450. The smallest absolute Gasteiger partial charge is 0.147 e. The fourth-order valence-corrected chi connectivity index (χ4v) is 12.4. The number of carbonyl (C=O) groups excluding carboxylic acids is 3. The Kier molecular flexibility index (Phi) is 22.0. The van der Waals surface area contributed by atoms with Crippen LogP contribution >= 0.6 is 12.4 Å². The van der Waals surface area contributed by atoms with Crippen LogP contribution in [0.2, 0.25) is 11.8 Å². The van der Waals surface area contributed by atoms with Gasteiger partial charge < -0.3 is 0 Å². The first-order chi connectivity index (χ1) is 14.8. The maximum absolute atomic E-state index is 12.6. The topological polar surface area (TPSA) is 107 Å². The molecule has 189 valence electrons. The molecule has 0 saturated heterocycles. The zero-order valence-corrected chi connectivity index (χ0v) is 23.8. The molecule has 0 aromatic carbocycles. The van der Waals surface area contributed by atoms with Crippen LogP contribution in [0.25, 0.3) is 0 Å². The van der Waals surface area contributed by atoms with E-state index in [0.29, 0.717) is 39.6 Å². The summed E-state index contributed by atoms with van der Waals surface area (Å²) in [6.45, 7) is 13.7. The van der Waals surface area contributed by atoms with E-state index in [1.165, 1.54) is 0 Å². The van der Waals surface area contributed by atoms with Gasteiger partial charge in [0.15, 0.2) is 0 Å². The van der Waals surface area contributed by atoms with Crippen molar-refractivity contribution in [3.8, 4) is 0 Å². The van der Waals surface area contributed by atoms with Gasteiger partial charge in [0, 0.05) is 0 Å². The molecule has 0 aliphatic carbocycles. The molecule has 0 fully saturated rings. The van der Waals surface area contributed by atoms with Crippen molar-refractivity contribution in [2.45, 2.75) is 53.3 Å². The summed E-state index contributed by atoms with van der Waals surface area (Å²) in [5.41, 5.74) is 0. The molecule has 0 aliphatic heterocycles. The Balaban J connectivity index is 0. The number of esters is 3. The minimum absolute atomic E-state index is 0. The molecule has 0 heterocycles. The molecule has 0 aromatic rings. The third-order valence-electron chi connectivity index (χ3n) is 4.59. The van der Waals surface area contributed by atoms with E-state index >= 15 is 0 Å². The summed E-state index contributed by atoms with van der Waals surface area (Å²) in [5, 5.41) is 0. The van der Waals surface area contributed by atoms with Crippen molar-refractivity contribution in [3.05, 3.63) is 0 Å². The first-order valence-electron chi connectivity index (χ1n) is 10.9. The average Bonchev–Trinajstić information content (AvgIpc) is 2.76. The van der Waals surface area contributed by atoms with Crippen molar-refractivity contribution in [1.29, 1.82) is 0 Å². The van der Waals surface area contributed by atoms with Crippen molar-refractivity contribution in [2.75, 3.05) is 59.5 Å². The summed E-state index contributed by atoms with van der Waals surface area (Å²) in [6, 6.07) is 0. The van der Waals surface area contributed by atoms with Crippen LogP contribution in [0.5, 0.6) is 0 Å². The van der Waals surface area contributed by atoms with Gasteiger partial charge in [0.2, 0.25) is 0 Å². The molecule has 0 saturated carbocycles. The first kappa shape index (κ1) is 33.6. The predicted molar refractivity (Wildman–Crippen MR) is 124 cm³/mol. The molecular weight excluding hydrogens is 550 g/mol. The van der Waals surface area contributed by atoms with Gasteiger partial charge in [0.1, 0.15) is 0 Å². The molecule has 0 rings (SSSR count). The summed E-state index contributed by atoms with van der Waals surface area (Å²) < 4.78 is 29.9. The minimum atomic E-state index is -3.14. The van der Waals surface area contributed by atoms with Crippen LogP contribution in [0.15, 0.2) is 0 Å². The van der Waals surface area contributed by atoms with E-state index in [0.717, 1.165) is 0 Å². The Morgan fingerprint density at radius 2 is 0.812 bits per heavy atom. The molecule has 0 aromatic heterocycles. The third-order valence-corrected chi connectivity index (χ3v) is 15.2. The quantitative estimate of drug-likeness (QED) is 0.103. The fourth-order valence-electron chi connectivity index (χ4n) is 2.94. The standard InChI is InChI=1S/3C7H13O3.ClH.Sn/c3*1-3-7(8)10-6-5-9-4-2;;/h3*3H,4-6H2,1-2H3;1H;. The van der Waals surface area contributed by atoms with Crippen LogP contribution < -0.4 is 0 Å². The van der Waals surface area contributed by atoms with Gasteiger partial charge in [-0.05, 0) is 0 Å². The van der Waals surface area contributed by atoms with Crippen LogP contribution in [0.3, 0.4) is 0 Å². The summed E-state index contributed by atoms with van der Waals surface area (Å²) in [6.07, 6.45) is 0. The fraction of sp³-hybridized carbons (Fsp3) is 0.857. The summed E-state index contributed by atoms with van der Waals surface area (Å²) in [4.78, 5) is 37.9. The van der Waals surface area contributed by atoms with Crippen molar-refractivity contribution in [3.63, 3.8) is 0 Å². The molecule has 1 radical (unpaired) electrons. The van der Waals surface area contributed by atoms with Crippen LogP contribution in [-0.2, 0) is 42.8 Å². The predicted octanol–water partition coefficient (Wildman–Crippen LogP) is 2.81. The van der Waals surface area contributed by atoms with Crippen molar-refractivity contribution in [2.24, 2.45) is 0 Å².